The number of carbonyl (C=O) groups is 4. The minimum absolute atomic E-state index is 0.00465. The van der Waals surface area contributed by atoms with Gasteiger partial charge in [-0.3, -0.25) is 0 Å². The van der Waals surface area contributed by atoms with Gasteiger partial charge in [-0.2, -0.15) is 0 Å². The van der Waals surface area contributed by atoms with Crippen LogP contribution in [0.4, 0.5) is 9.59 Å². The molecule has 2 heterocycles. The van der Waals surface area contributed by atoms with Crippen molar-refractivity contribution in [3.8, 4) is 0 Å². The van der Waals surface area contributed by atoms with Gasteiger partial charge in [-0.25, -0.2) is 19.2 Å². The Hall–Kier alpha value is -3.40. The van der Waals surface area contributed by atoms with E-state index >= 15 is 0 Å². The summed E-state index contributed by atoms with van der Waals surface area (Å²) in [5, 5.41) is 72.6. The molecule has 0 aromatic carbocycles. The Kier molecular flexibility index (Phi) is 15.9. The molecular weight excluding hydrogens is 632 g/mol. The first-order chi connectivity index (χ1) is 22.1. The van der Waals surface area contributed by atoms with Crippen LogP contribution in [0.1, 0.15) is 26.7 Å². The van der Waals surface area contributed by atoms with Crippen LogP contribution in [-0.4, -0.2) is 155 Å². The third-order valence-corrected chi connectivity index (χ3v) is 7.08. The van der Waals surface area contributed by atoms with E-state index in [1.807, 2.05) is 0 Å². The van der Waals surface area contributed by atoms with Crippen molar-refractivity contribution in [2.75, 3.05) is 46.0 Å². The fourth-order valence-corrected chi connectivity index (χ4v) is 4.45. The number of rotatable bonds is 17. The number of aliphatic hydroxyl groups is 6. The van der Waals surface area contributed by atoms with Crippen LogP contribution in [-0.2, 0) is 33.3 Å². The number of aliphatic hydroxyl groups excluding tert-OH is 6. The molecule has 4 amide bonds. The first-order valence-electron chi connectivity index (χ1n) is 14.8. The Morgan fingerprint density at radius 3 is 1.64 bits per heavy atom. The van der Waals surface area contributed by atoms with Crippen LogP contribution in [0.2, 0.25) is 0 Å². The lowest BCUT2D eigenvalue weighted by molar-refractivity contribution is -0.381. The molecule has 0 radical (unpaired) electrons. The predicted molar refractivity (Wildman–Crippen MR) is 158 cm³/mol. The third-order valence-electron chi connectivity index (χ3n) is 7.08. The zero-order valence-electron chi connectivity index (χ0n) is 26.3. The first-order valence-corrected chi connectivity index (χ1v) is 14.8. The van der Waals surface area contributed by atoms with Crippen LogP contribution in [0.15, 0.2) is 24.3 Å². The van der Waals surface area contributed by atoms with Gasteiger partial charge in [0.2, 0.25) is 5.79 Å². The van der Waals surface area contributed by atoms with Gasteiger partial charge in [0.1, 0.15) is 50.3 Å². The van der Waals surface area contributed by atoms with Crippen LogP contribution in [0, 0.1) is 0 Å². The van der Waals surface area contributed by atoms with E-state index in [4.69, 9.17) is 23.7 Å². The molecule has 0 bridgehead atoms. The standard InChI is InChI=1S/C28H46N4O15/c1-14(2)23(39)43-11-9-31-26(41)29-7-5-16-18(34)20(36)21(37)25(45-16)47-28(13-33)22(38)19(35)17(46-28)6-8-30-27(42)32-10-12-44-24(40)15(3)4/h16-22,25,33-38H,1,3,5-13H2,2,4H3,(H2,29,31,41)(H2,30,32,42)/t16-,17-,18-,19-,20+,21-,22+,25-,28+/m1/s1. The number of ether oxygens (including phenoxy) is 5. The molecule has 10 N–H and O–H groups in total. The van der Waals surface area contributed by atoms with Gasteiger partial charge in [0.05, 0.1) is 25.3 Å². The van der Waals surface area contributed by atoms with E-state index in [0.717, 1.165) is 0 Å². The average Bonchev–Trinajstić information content (AvgIpc) is 3.26. The fourth-order valence-electron chi connectivity index (χ4n) is 4.45. The highest BCUT2D eigenvalue weighted by molar-refractivity contribution is 5.87. The van der Waals surface area contributed by atoms with E-state index in [0.29, 0.717) is 0 Å². The van der Waals surface area contributed by atoms with Crippen LogP contribution >= 0.6 is 0 Å². The van der Waals surface area contributed by atoms with E-state index in [1.54, 1.807) is 0 Å². The molecule has 19 heteroatoms. The van der Waals surface area contributed by atoms with Gasteiger partial charge in [-0.1, -0.05) is 13.2 Å². The molecule has 0 aromatic heterocycles. The summed E-state index contributed by atoms with van der Waals surface area (Å²) in [6, 6.07) is -1.25. The lowest BCUT2D eigenvalue weighted by atomic mass is 9.96. The Morgan fingerprint density at radius 2 is 1.17 bits per heavy atom. The molecule has 0 aromatic rings. The summed E-state index contributed by atoms with van der Waals surface area (Å²) in [5.41, 5.74) is 0.416. The van der Waals surface area contributed by atoms with Crippen molar-refractivity contribution in [3.05, 3.63) is 24.3 Å². The van der Waals surface area contributed by atoms with Crippen molar-refractivity contribution in [2.24, 2.45) is 0 Å². The number of urea groups is 2. The SMILES string of the molecule is C=C(C)C(=O)OCCNC(=O)NCC[C@H]1O[C@@](CO)(O[C@H]2O[C@H](CCNC(=O)NCCOC(=O)C(=C)C)[C@@H](O)[C@H](O)[C@H]2O)[C@@H](O)[C@@H]1O. The summed E-state index contributed by atoms with van der Waals surface area (Å²) in [4.78, 5) is 46.7. The summed E-state index contributed by atoms with van der Waals surface area (Å²) in [6.07, 6.45) is -13.1. The predicted octanol–water partition coefficient (Wildman–Crippen LogP) is -3.76. The monoisotopic (exact) mass is 678 g/mol. The molecule has 2 aliphatic heterocycles. The lowest BCUT2D eigenvalue weighted by Crippen LogP contribution is -2.62. The van der Waals surface area contributed by atoms with E-state index in [2.05, 4.69) is 34.4 Å². The van der Waals surface area contributed by atoms with E-state index in [9.17, 15) is 49.8 Å². The van der Waals surface area contributed by atoms with Crippen LogP contribution in [0.25, 0.3) is 0 Å². The smallest absolute Gasteiger partial charge is 0.333 e. The normalized spacial score (nSPS) is 30.1. The summed E-state index contributed by atoms with van der Waals surface area (Å²) in [5.74, 6) is -3.54. The third kappa shape index (κ3) is 11.7. The maximum atomic E-state index is 12.0. The molecule has 0 aliphatic carbocycles. The van der Waals surface area contributed by atoms with E-state index in [-0.39, 0.29) is 63.4 Å². The number of carbonyl (C=O) groups excluding carboxylic acids is 4. The molecular formula is C28H46N4O15. The molecule has 0 unspecified atom stereocenters. The maximum Gasteiger partial charge on any atom is 0.333 e. The van der Waals surface area contributed by atoms with Gasteiger partial charge in [0.15, 0.2) is 6.29 Å². The largest absolute Gasteiger partial charge is 0.460 e. The molecule has 47 heavy (non-hydrogen) atoms. The summed E-state index contributed by atoms with van der Waals surface area (Å²) < 4.78 is 26.6. The Balaban J connectivity index is 1.86. The summed E-state index contributed by atoms with van der Waals surface area (Å²) >= 11 is 0. The number of amides is 4. The zero-order valence-corrected chi connectivity index (χ0v) is 26.3. The molecule has 19 nitrogen and oxygen atoms in total. The quantitative estimate of drug-likeness (QED) is 0.0402. The van der Waals surface area contributed by atoms with Crippen molar-refractivity contribution in [1.29, 1.82) is 0 Å². The topological polar surface area (TPSA) is 284 Å². The first kappa shape index (κ1) is 39.8. The molecule has 2 rings (SSSR count). The van der Waals surface area contributed by atoms with Gasteiger partial charge in [-0.05, 0) is 26.7 Å². The Labute approximate surface area is 270 Å². The minimum atomic E-state index is -2.33. The Morgan fingerprint density at radius 1 is 0.702 bits per heavy atom. The zero-order chi connectivity index (χ0) is 35.3. The van der Waals surface area contributed by atoms with Crippen molar-refractivity contribution in [2.45, 2.75) is 81.5 Å². The molecule has 0 spiro atoms. The molecule has 2 fully saturated rings. The van der Waals surface area contributed by atoms with Crippen molar-refractivity contribution in [3.63, 3.8) is 0 Å². The molecule has 268 valence electrons. The fraction of sp³-hybridized carbons (Fsp3) is 0.714. The lowest BCUT2D eigenvalue weighted by Gasteiger charge is -2.43. The van der Waals surface area contributed by atoms with Crippen molar-refractivity contribution in [1.82, 2.24) is 21.3 Å². The second-order valence-electron chi connectivity index (χ2n) is 11.0. The van der Waals surface area contributed by atoms with Crippen molar-refractivity contribution >= 4 is 24.0 Å². The highest BCUT2D eigenvalue weighted by Gasteiger charge is 2.58. The van der Waals surface area contributed by atoms with E-state index in [1.165, 1.54) is 13.8 Å². The number of nitrogens with one attached hydrogen (secondary N) is 4. The maximum absolute atomic E-state index is 12.0. The molecule has 2 saturated heterocycles. The summed E-state index contributed by atoms with van der Waals surface area (Å²) in [7, 11) is 0. The van der Waals surface area contributed by atoms with Gasteiger partial charge < -0.3 is 75.6 Å². The highest BCUT2D eigenvalue weighted by Crippen LogP contribution is 2.37. The number of esters is 2. The van der Waals surface area contributed by atoms with Gasteiger partial charge in [-0.15, -0.1) is 0 Å². The second kappa shape index (κ2) is 18.8. The summed E-state index contributed by atoms with van der Waals surface area (Å²) in [6.45, 7) is 8.49. The number of hydrogen-bond acceptors (Lipinski definition) is 15. The van der Waals surface area contributed by atoms with Gasteiger partial charge in [0, 0.05) is 24.2 Å². The van der Waals surface area contributed by atoms with Crippen LogP contribution < -0.4 is 21.3 Å². The molecule has 2 aliphatic rings. The van der Waals surface area contributed by atoms with E-state index < -0.39 is 85.4 Å². The molecule has 9 atom stereocenters. The van der Waals surface area contributed by atoms with Crippen LogP contribution in [0.5, 0.6) is 0 Å². The second-order valence-corrected chi connectivity index (χ2v) is 11.0. The Bertz CT molecular complexity index is 1110. The highest BCUT2D eigenvalue weighted by atomic mass is 16.8. The molecule has 0 saturated carbocycles. The average molecular weight is 679 g/mol. The number of hydrogen-bond donors (Lipinski definition) is 10. The van der Waals surface area contributed by atoms with Crippen LogP contribution in [0.3, 0.4) is 0 Å². The van der Waals surface area contributed by atoms with Gasteiger partial charge >= 0.3 is 24.0 Å². The van der Waals surface area contributed by atoms with Gasteiger partial charge in [0.25, 0.3) is 0 Å². The van der Waals surface area contributed by atoms with Crippen molar-refractivity contribution < 1.29 is 73.5 Å². The minimum Gasteiger partial charge on any atom is -0.460 e.